The molecule has 0 fully saturated rings. The van der Waals surface area contributed by atoms with Crippen molar-refractivity contribution in [2.24, 2.45) is 0 Å². The number of hydrogen-bond acceptors (Lipinski definition) is 3. The number of aromatic nitrogens is 2. The SMILES string of the molecule is Cc1ccc(F)cc1-n1ccn(CC(=O)NCc2ccc(C(C)C)cc2)c(=O)c1=O. The Balaban J connectivity index is 1.71. The normalized spacial score (nSPS) is 11.0. The van der Waals surface area contributed by atoms with Crippen LogP contribution in [0.2, 0.25) is 0 Å². The van der Waals surface area contributed by atoms with Gasteiger partial charge in [0.2, 0.25) is 5.91 Å². The summed E-state index contributed by atoms with van der Waals surface area (Å²) >= 11 is 0. The second-order valence-corrected chi connectivity index (χ2v) is 7.51. The average molecular weight is 409 g/mol. The Kier molecular flexibility index (Phi) is 6.30. The van der Waals surface area contributed by atoms with Crippen LogP contribution in [0, 0.1) is 12.7 Å². The van der Waals surface area contributed by atoms with Gasteiger partial charge >= 0.3 is 11.1 Å². The van der Waals surface area contributed by atoms with Gasteiger partial charge in [-0.3, -0.25) is 23.5 Å². The second-order valence-electron chi connectivity index (χ2n) is 7.51. The number of rotatable bonds is 6. The quantitative estimate of drug-likeness (QED) is 0.637. The van der Waals surface area contributed by atoms with Gasteiger partial charge in [-0.1, -0.05) is 44.2 Å². The highest BCUT2D eigenvalue weighted by molar-refractivity contribution is 5.75. The van der Waals surface area contributed by atoms with Gasteiger partial charge in [0.15, 0.2) is 0 Å². The number of benzene rings is 2. The smallest absolute Gasteiger partial charge is 0.320 e. The highest BCUT2D eigenvalue weighted by Gasteiger charge is 2.12. The molecule has 1 aromatic heterocycles. The van der Waals surface area contributed by atoms with Crippen molar-refractivity contribution in [3.63, 3.8) is 0 Å². The van der Waals surface area contributed by atoms with Crippen molar-refractivity contribution in [3.8, 4) is 5.69 Å². The highest BCUT2D eigenvalue weighted by atomic mass is 19.1. The molecule has 0 radical (unpaired) electrons. The molecular weight excluding hydrogens is 385 g/mol. The lowest BCUT2D eigenvalue weighted by Crippen LogP contribution is -2.42. The molecule has 0 aliphatic carbocycles. The van der Waals surface area contributed by atoms with Gasteiger partial charge in [-0.25, -0.2) is 4.39 Å². The first-order valence-electron chi connectivity index (χ1n) is 9.70. The molecule has 1 amide bonds. The molecular formula is C23H24FN3O3. The molecule has 2 aromatic carbocycles. The summed E-state index contributed by atoms with van der Waals surface area (Å²) in [5, 5.41) is 2.75. The maximum Gasteiger partial charge on any atom is 0.320 e. The van der Waals surface area contributed by atoms with Crippen LogP contribution in [-0.4, -0.2) is 15.0 Å². The third-order valence-corrected chi connectivity index (χ3v) is 4.94. The molecule has 30 heavy (non-hydrogen) atoms. The molecule has 0 bridgehead atoms. The van der Waals surface area contributed by atoms with Crippen LogP contribution in [0.3, 0.4) is 0 Å². The summed E-state index contributed by atoms with van der Waals surface area (Å²) in [6, 6.07) is 11.9. The highest BCUT2D eigenvalue weighted by Crippen LogP contribution is 2.15. The molecule has 0 saturated heterocycles. The summed E-state index contributed by atoms with van der Waals surface area (Å²) in [6.07, 6.45) is 2.72. The summed E-state index contributed by atoms with van der Waals surface area (Å²) < 4.78 is 15.7. The summed E-state index contributed by atoms with van der Waals surface area (Å²) in [7, 11) is 0. The van der Waals surface area contributed by atoms with Gasteiger partial charge in [-0.2, -0.15) is 0 Å². The molecule has 0 atom stereocenters. The van der Waals surface area contributed by atoms with Crippen molar-refractivity contribution in [1.82, 2.24) is 14.5 Å². The predicted molar refractivity (Wildman–Crippen MR) is 113 cm³/mol. The van der Waals surface area contributed by atoms with Gasteiger partial charge in [0, 0.05) is 18.9 Å². The summed E-state index contributed by atoms with van der Waals surface area (Å²) in [4.78, 5) is 37.2. The van der Waals surface area contributed by atoms with E-state index in [4.69, 9.17) is 0 Å². The standard InChI is InChI=1S/C23H24FN3O3/c1-15(2)18-7-5-17(6-8-18)13-25-21(28)14-26-10-11-27(23(30)22(26)29)20-12-19(24)9-4-16(20)3/h4-12,15H,13-14H2,1-3H3,(H,25,28). The van der Waals surface area contributed by atoms with Gasteiger partial charge in [-0.05, 0) is 41.7 Å². The van der Waals surface area contributed by atoms with Crippen LogP contribution in [0.1, 0.15) is 36.5 Å². The molecule has 0 saturated carbocycles. The monoisotopic (exact) mass is 409 g/mol. The van der Waals surface area contributed by atoms with E-state index >= 15 is 0 Å². The van der Waals surface area contributed by atoms with E-state index in [0.717, 1.165) is 14.7 Å². The lowest BCUT2D eigenvalue weighted by molar-refractivity contribution is -0.121. The van der Waals surface area contributed by atoms with Gasteiger partial charge < -0.3 is 5.32 Å². The number of nitrogens with zero attached hydrogens (tertiary/aromatic N) is 2. The minimum atomic E-state index is -0.849. The Labute approximate surface area is 173 Å². The Morgan fingerprint density at radius 1 is 1.03 bits per heavy atom. The molecule has 156 valence electrons. The van der Waals surface area contributed by atoms with Crippen LogP contribution in [0.15, 0.2) is 64.4 Å². The fraction of sp³-hybridized carbons (Fsp3) is 0.261. The lowest BCUT2D eigenvalue weighted by Gasteiger charge is -2.12. The molecule has 3 aromatic rings. The third-order valence-electron chi connectivity index (χ3n) is 4.94. The molecule has 0 unspecified atom stereocenters. The molecule has 0 spiro atoms. The van der Waals surface area contributed by atoms with E-state index in [2.05, 4.69) is 19.2 Å². The zero-order valence-corrected chi connectivity index (χ0v) is 17.2. The Morgan fingerprint density at radius 2 is 1.73 bits per heavy atom. The number of amides is 1. The third kappa shape index (κ3) is 4.74. The molecule has 6 nitrogen and oxygen atoms in total. The zero-order valence-electron chi connectivity index (χ0n) is 17.2. The largest absolute Gasteiger partial charge is 0.350 e. The van der Waals surface area contributed by atoms with E-state index in [9.17, 15) is 18.8 Å². The van der Waals surface area contributed by atoms with E-state index in [1.807, 2.05) is 24.3 Å². The second kappa shape index (κ2) is 8.90. The Hall–Kier alpha value is -3.48. The number of carbonyl (C=O) groups is 1. The maximum absolute atomic E-state index is 13.6. The molecule has 0 aliphatic heterocycles. The van der Waals surface area contributed by atoms with Crippen LogP contribution < -0.4 is 16.4 Å². The fourth-order valence-corrected chi connectivity index (χ4v) is 3.10. The van der Waals surface area contributed by atoms with E-state index in [-0.39, 0.29) is 12.5 Å². The van der Waals surface area contributed by atoms with Crippen LogP contribution in [0.25, 0.3) is 5.69 Å². The Morgan fingerprint density at radius 3 is 2.40 bits per heavy atom. The van der Waals surface area contributed by atoms with Gasteiger partial charge in [0.25, 0.3) is 0 Å². The maximum atomic E-state index is 13.6. The Bertz CT molecular complexity index is 1180. The number of nitrogens with one attached hydrogen (secondary N) is 1. The zero-order chi connectivity index (χ0) is 21.8. The molecule has 1 heterocycles. The summed E-state index contributed by atoms with van der Waals surface area (Å²) in [5.41, 5.74) is 1.40. The van der Waals surface area contributed by atoms with Crippen LogP contribution in [-0.2, 0) is 17.9 Å². The molecule has 0 aliphatic rings. The van der Waals surface area contributed by atoms with Crippen LogP contribution in [0.4, 0.5) is 4.39 Å². The number of hydrogen-bond donors (Lipinski definition) is 1. The summed E-state index contributed by atoms with van der Waals surface area (Å²) in [5.74, 6) is -0.463. The van der Waals surface area contributed by atoms with Gasteiger partial charge in [0.1, 0.15) is 12.4 Å². The van der Waals surface area contributed by atoms with Crippen molar-refractivity contribution in [3.05, 3.63) is 98.1 Å². The van der Waals surface area contributed by atoms with Crippen LogP contribution in [0.5, 0.6) is 0 Å². The fourth-order valence-electron chi connectivity index (χ4n) is 3.10. The first kappa shape index (κ1) is 21.2. The number of carbonyl (C=O) groups excluding carboxylic acids is 1. The first-order chi connectivity index (χ1) is 14.3. The van der Waals surface area contributed by atoms with Gasteiger partial charge in [0.05, 0.1) is 5.69 Å². The minimum absolute atomic E-state index is 0.277. The topological polar surface area (TPSA) is 73.1 Å². The van der Waals surface area contributed by atoms with E-state index in [0.29, 0.717) is 23.7 Å². The van der Waals surface area contributed by atoms with E-state index < -0.39 is 16.9 Å². The van der Waals surface area contributed by atoms with Crippen molar-refractivity contribution in [1.29, 1.82) is 0 Å². The predicted octanol–water partition coefficient (Wildman–Crippen LogP) is 2.89. The van der Waals surface area contributed by atoms with Crippen LogP contribution >= 0.6 is 0 Å². The molecule has 1 N–H and O–H groups in total. The first-order valence-corrected chi connectivity index (χ1v) is 9.70. The molecule has 7 heteroatoms. The average Bonchev–Trinajstić information content (AvgIpc) is 2.72. The van der Waals surface area contributed by atoms with Crippen molar-refractivity contribution < 1.29 is 9.18 Å². The van der Waals surface area contributed by atoms with Gasteiger partial charge in [-0.15, -0.1) is 0 Å². The van der Waals surface area contributed by atoms with E-state index in [1.165, 1.54) is 36.2 Å². The number of halogens is 1. The number of aryl methyl sites for hydroxylation is 1. The molecule has 3 rings (SSSR count). The van der Waals surface area contributed by atoms with Crippen molar-refractivity contribution in [2.45, 2.75) is 39.8 Å². The minimum Gasteiger partial charge on any atom is -0.350 e. The lowest BCUT2D eigenvalue weighted by atomic mass is 10.0. The van der Waals surface area contributed by atoms with Crippen molar-refractivity contribution in [2.75, 3.05) is 0 Å². The van der Waals surface area contributed by atoms with Crippen molar-refractivity contribution >= 4 is 5.91 Å². The van der Waals surface area contributed by atoms with E-state index in [1.54, 1.807) is 6.92 Å². The summed E-state index contributed by atoms with van der Waals surface area (Å²) in [6.45, 7) is 5.98.